The van der Waals surface area contributed by atoms with Gasteiger partial charge in [-0.3, -0.25) is 4.79 Å². The van der Waals surface area contributed by atoms with E-state index in [4.69, 9.17) is 23.2 Å². The van der Waals surface area contributed by atoms with E-state index in [2.05, 4.69) is 21.2 Å². The fourth-order valence-electron chi connectivity index (χ4n) is 1.57. The predicted molar refractivity (Wildman–Crippen MR) is 83.3 cm³/mol. The smallest absolute Gasteiger partial charge is 0.255 e. The molecule has 0 aliphatic heterocycles. The van der Waals surface area contributed by atoms with Gasteiger partial charge in [-0.05, 0) is 58.7 Å². The zero-order chi connectivity index (χ0) is 14.0. The van der Waals surface area contributed by atoms with Gasteiger partial charge in [-0.1, -0.05) is 29.3 Å². The molecule has 0 saturated carbocycles. The highest BCUT2D eigenvalue weighted by Crippen LogP contribution is 2.26. The van der Waals surface area contributed by atoms with Gasteiger partial charge in [0.1, 0.15) is 0 Å². The number of carbonyl (C=O) groups excluding carboxylic acids is 1. The second-order valence-corrected chi connectivity index (χ2v) is 5.66. The number of hydrogen-bond donors (Lipinski definition) is 1. The zero-order valence-electron chi connectivity index (χ0n) is 10.0. The Morgan fingerprint density at radius 3 is 2.58 bits per heavy atom. The van der Waals surface area contributed by atoms with Crippen molar-refractivity contribution in [3.8, 4) is 0 Å². The highest BCUT2D eigenvalue weighted by molar-refractivity contribution is 9.10. The summed E-state index contributed by atoms with van der Waals surface area (Å²) in [6.45, 7) is 1.86. The molecule has 0 fully saturated rings. The van der Waals surface area contributed by atoms with Crippen LogP contribution in [0.25, 0.3) is 0 Å². The third-order valence-electron chi connectivity index (χ3n) is 2.70. The first kappa shape index (κ1) is 14.4. The molecule has 2 aromatic rings. The van der Waals surface area contributed by atoms with Crippen molar-refractivity contribution in [2.45, 2.75) is 6.92 Å². The molecule has 0 bridgehead atoms. The van der Waals surface area contributed by atoms with E-state index in [1.807, 2.05) is 13.0 Å². The first-order valence-electron chi connectivity index (χ1n) is 5.50. The summed E-state index contributed by atoms with van der Waals surface area (Å²) in [5.74, 6) is -0.206. The summed E-state index contributed by atoms with van der Waals surface area (Å²) in [6, 6.07) is 10.4. The summed E-state index contributed by atoms with van der Waals surface area (Å²) >= 11 is 15.2. The Morgan fingerprint density at radius 2 is 1.89 bits per heavy atom. The lowest BCUT2D eigenvalue weighted by Crippen LogP contribution is -2.12. The average Bonchev–Trinajstić information content (AvgIpc) is 2.38. The largest absolute Gasteiger partial charge is 0.322 e. The van der Waals surface area contributed by atoms with Crippen molar-refractivity contribution in [3.05, 3.63) is 62.0 Å². The summed E-state index contributed by atoms with van der Waals surface area (Å²) in [7, 11) is 0. The molecule has 2 aromatic carbocycles. The SMILES string of the molecule is Cc1c(Cl)cccc1NC(=O)c1ccc(Cl)c(Br)c1. The average molecular weight is 359 g/mol. The Labute approximate surface area is 129 Å². The van der Waals surface area contributed by atoms with Crippen LogP contribution in [0.2, 0.25) is 10.0 Å². The van der Waals surface area contributed by atoms with Crippen LogP contribution in [0.3, 0.4) is 0 Å². The molecule has 2 nitrogen and oxygen atoms in total. The number of amides is 1. The quantitative estimate of drug-likeness (QED) is 0.773. The van der Waals surface area contributed by atoms with Crippen LogP contribution < -0.4 is 5.32 Å². The molecule has 0 radical (unpaired) electrons. The molecule has 0 aromatic heterocycles. The number of anilines is 1. The molecule has 19 heavy (non-hydrogen) atoms. The summed E-state index contributed by atoms with van der Waals surface area (Å²) in [5, 5.41) is 4.01. The minimum absolute atomic E-state index is 0.206. The van der Waals surface area contributed by atoms with Gasteiger partial charge in [-0.2, -0.15) is 0 Å². The molecule has 0 spiro atoms. The van der Waals surface area contributed by atoms with Crippen LogP contribution in [0.5, 0.6) is 0 Å². The first-order chi connectivity index (χ1) is 8.99. The van der Waals surface area contributed by atoms with Crippen molar-refractivity contribution < 1.29 is 4.79 Å². The lowest BCUT2D eigenvalue weighted by atomic mass is 10.1. The van der Waals surface area contributed by atoms with Crippen molar-refractivity contribution in [2.75, 3.05) is 5.32 Å². The Kier molecular flexibility index (Phi) is 4.50. The van der Waals surface area contributed by atoms with E-state index >= 15 is 0 Å². The van der Waals surface area contributed by atoms with Gasteiger partial charge in [0.05, 0.1) is 5.02 Å². The van der Waals surface area contributed by atoms with E-state index in [0.717, 1.165) is 5.56 Å². The molecule has 0 unspecified atom stereocenters. The van der Waals surface area contributed by atoms with Crippen LogP contribution in [0.15, 0.2) is 40.9 Å². The van der Waals surface area contributed by atoms with Crippen LogP contribution in [0, 0.1) is 6.92 Å². The Hall–Kier alpha value is -1.03. The number of carbonyl (C=O) groups is 1. The third-order valence-corrected chi connectivity index (χ3v) is 4.32. The molecule has 0 saturated heterocycles. The van der Waals surface area contributed by atoms with Crippen molar-refractivity contribution in [3.63, 3.8) is 0 Å². The van der Waals surface area contributed by atoms with Gasteiger partial charge >= 0.3 is 0 Å². The van der Waals surface area contributed by atoms with Gasteiger partial charge in [-0.25, -0.2) is 0 Å². The van der Waals surface area contributed by atoms with Gasteiger partial charge in [0.15, 0.2) is 0 Å². The van der Waals surface area contributed by atoms with E-state index in [-0.39, 0.29) is 5.91 Å². The topological polar surface area (TPSA) is 29.1 Å². The molecule has 5 heteroatoms. The summed E-state index contributed by atoms with van der Waals surface area (Å²) in [4.78, 5) is 12.1. The normalized spacial score (nSPS) is 10.3. The Bertz CT molecular complexity index is 643. The molecule has 98 valence electrons. The van der Waals surface area contributed by atoms with Crippen molar-refractivity contribution >= 4 is 50.7 Å². The second kappa shape index (κ2) is 5.95. The summed E-state index contributed by atoms with van der Waals surface area (Å²) < 4.78 is 0.685. The van der Waals surface area contributed by atoms with Gasteiger partial charge in [0.25, 0.3) is 5.91 Å². The van der Waals surface area contributed by atoms with E-state index in [1.165, 1.54) is 0 Å². The fourth-order valence-corrected chi connectivity index (χ4v) is 2.25. The Morgan fingerprint density at radius 1 is 1.16 bits per heavy atom. The van der Waals surface area contributed by atoms with Crippen LogP contribution >= 0.6 is 39.1 Å². The van der Waals surface area contributed by atoms with Crippen LogP contribution in [-0.4, -0.2) is 5.91 Å². The maximum atomic E-state index is 12.1. The van der Waals surface area contributed by atoms with E-state index in [1.54, 1.807) is 30.3 Å². The lowest BCUT2D eigenvalue weighted by molar-refractivity contribution is 0.102. The molecule has 0 heterocycles. The molecule has 0 aliphatic rings. The summed E-state index contributed by atoms with van der Waals surface area (Å²) in [6.07, 6.45) is 0. The van der Waals surface area contributed by atoms with Gasteiger partial charge in [0, 0.05) is 20.7 Å². The molecule has 1 N–H and O–H groups in total. The van der Waals surface area contributed by atoms with Crippen molar-refractivity contribution in [1.82, 2.24) is 0 Å². The Balaban J connectivity index is 2.26. The van der Waals surface area contributed by atoms with E-state index in [9.17, 15) is 4.79 Å². The number of hydrogen-bond acceptors (Lipinski definition) is 1. The van der Waals surface area contributed by atoms with Gasteiger partial charge in [0.2, 0.25) is 0 Å². The third kappa shape index (κ3) is 3.30. The molecular weight excluding hydrogens is 349 g/mol. The number of nitrogens with one attached hydrogen (secondary N) is 1. The zero-order valence-corrected chi connectivity index (χ0v) is 13.1. The fraction of sp³-hybridized carbons (Fsp3) is 0.0714. The molecule has 0 atom stereocenters. The number of benzene rings is 2. The second-order valence-electron chi connectivity index (χ2n) is 4.00. The highest BCUT2D eigenvalue weighted by Gasteiger charge is 2.10. The minimum Gasteiger partial charge on any atom is -0.322 e. The molecule has 2 rings (SSSR count). The highest BCUT2D eigenvalue weighted by atomic mass is 79.9. The van der Waals surface area contributed by atoms with Gasteiger partial charge < -0.3 is 5.32 Å². The van der Waals surface area contributed by atoms with Gasteiger partial charge in [-0.15, -0.1) is 0 Å². The van der Waals surface area contributed by atoms with E-state index in [0.29, 0.717) is 25.8 Å². The number of rotatable bonds is 2. The van der Waals surface area contributed by atoms with Crippen LogP contribution in [-0.2, 0) is 0 Å². The van der Waals surface area contributed by atoms with Crippen molar-refractivity contribution in [1.29, 1.82) is 0 Å². The maximum Gasteiger partial charge on any atom is 0.255 e. The van der Waals surface area contributed by atoms with Crippen molar-refractivity contribution in [2.24, 2.45) is 0 Å². The lowest BCUT2D eigenvalue weighted by Gasteiger charge is -2.10. The first-order valence-corrected chi connectivity index (χ1v) is 7.05. The molecule has 0 aliphatic carbocycles. The molecule has 1 amide bonds. The standard InChI is InChI=1S/C14H10BrCl2NO/c1-8-11(16)3-2-4-13(8)18-14(19)9-5-6-12(17)10(15)7-9/h2-7H,1H3,(H,18,19). The van der Waals surface area contributed by atoms with Crippen LogP contribution in [0.1, 0.15) is 15.9 Å². The predicted octanol–water partition coefficient (Wildman–Crippen LogP) is 5.32. The monoisotopic (exact) mass is 357 g/mol. The summed E-state index contributed by atoms with van der Waals surface area (Å²) in [5.41, 5.74) is 2.06. The minimum atomic E-state index is -0.206. The molecular formula is C14H10BrCl2NO. The maximum absolute atomic E-state index is 12.1. The number of halogens is 3. The van der Waals surface area contributed by atoms with E-state index < -0.39 is 0 Å². The van der Waals surface area contributed by atoms with Crippen LogP contribution in [0.4, 0.5) is 5.69 Å².